The van der Waals surface area contributed by atoms with Crippen molar-refractivity contribution in [2.75, 3.05) is 20.2 Å². The molecule has 0 amide bonds. The Morgan fingerprint density at radius 1 is 1.10 bits per heavy atom. The second-order valence-corrected chi connectivity index (χ2v) is 5.78. The molecule has 0 aromatic carbocycles. The Balaban J connectivity index is 2.93. The molecular formula is C17H31N3O. The fourth-order valence-corrected chi connectivity index (χ4v) is 2.82. The monoisotopic (exact) mass is 293 g/mol. The third-order valence-corrected chi connectivity index (χ3v) is 3.84. The molecule has 0 spiro atoms. The summed E-state index contributed by atoms with van der Waals surface area (Å²) in [6.45, 7) is 12.8. The molecule has 2 unspecified atom stereocenters. The Hall–Kier alpha value is -1.00. The van der Waals surface area contributed by atoms with Crippen LogP contribution in [-0.2, 0) is 4.74 Å². The first kappa shape index (κ1) is 18.1. The van der Waals surface area contributed by atoms with Gasteiger partial charge < -0.3 is 10.1 Å². The molecule has 0 radical (unpaired) electrons. The van der Waals surface area contributed by atoms with E-state index in [-0.39, 0.29) is 6.10 Å². The average molecular weight is 293 g/mol. The summed E-state index contributed by atoms with van der Waals surface area (Å²) in [6, 6.07) is 0. The van der Waals surface area contributed by atoms with Gasteiger partial charge in [-0.15, -0.1) is 0 Å². The Labute approximate surface area is 129 Å². The van der Waals surface area contributed by atoms with Crippen LogP contribution in [0.15, 0.2) is 0 Å². The van der Waals surface area contributed by atoms with Crippen LogP contribution < -0.4 is 5.32 Å². The first-order chi connectivity index (χ1) is 10.0. The van der Waals surface area contributed by atoms with Crippen LogP contribution in [0.5, 0.6) is 0 Å². The van der Waals surface area contributed by atoms with Crippen LogP contribution in [0.3, 0.4) is 0 Å². The summed E-state index contributed by atoms with van der Waals surface area (Å²) < 4.78 is 5.53. The third-order valence-electron chi connectivity index (χ3n) is 3.84. The zero-order valence-electron chi connectivity index (χ0n) is 14.5. The smallest absolute Gasteiger partial charge is 0.157 e. The molecule has 2 atom stereocenters. The number of methoxy groups -OCH3 is 1. The summed E-state index contributed by atoms with van der Waals surface area (Å²) in [5.74, 6) is 1.25. The van der Waals surface area contributed by atoms with E-state index in [4.69, 9.17) is 14.7 Å². The second-order valence-electron chi connectivity index (χ2n) is 5.78. The number of ether oxygens (including phenoxy) is 1. The maximum absolute atomic E-state index is 5.53. The minimum absolute atomic E-state index is 0.00923. The summed E-state index contributed by atoms with van der Waals surface area (Å²) in [4.78, 5) is 9.42. The summed E-state index contributed by atoms with van der Waals surface area (Å²) in [5, 5.41) is 3.48. The van der Waals surface area contributed by atoms with Gasteiger partial charge in [0, 0.05) is 25.0 Å². The summed E-state index contributed by atoms with van der Waals surface area (Å²) in [7, 11) is 1.74. The van der Waals surface area contributed by atoms with E-state index in [1.807, 2.05) is 0 Å². The molecule has 1 aromatic rings. The number of nitrogens with zero attached hydrogens (tertiary/aromatic N) is 2. The maximum atomic E-state index is 5.53. The lowest BCUT2D eigenvalue weighted by Crippen LogP contribution is -2.23. The van der Waals surface area contributed by atoms with Crippen molar-refractivity contribution < 1.29 is 4.74 Å². The topological polar surface area (TPSA) is 47.0 Å². The van der Waals surface area contributed by atoms with Crippen molar-refractivity contribution in [1.82, 2.24) is 15.3 Å². The quantitative estimate of drug-likeness (QED) is 0.705. The predicted molar refractivity (Wildman–Crippen MR) is 87.7 cm³/mol. The average Bonchev–Trinajstić information content (AvgIpc) is 2.44. The van der Waals surface area contributed by atoms with Crippen molar-refractivity contribution >= 4 is 0 Å². The number of rotatable bonds is 9. The molecular weight excluding hydrogens is 262 g/mol. The Morgan fingerprint density at radius 2 is 1.71 bits per heavy atom. The van der Waals surface area contributed by atoms with Crippen LogP contribution in [0.2, 0.25) is 0 Å². The van der Waals surface area contributed by atoms with E-state index in [2.05, 4.69) is 39.9 Å². The van der Waals surface area contributed by atoms with E-state index in [9.17, 15) is 0 Å². The van der Waals surface area contributed by atoms with Crippen molar-refractivity contribution in [1.29, 1.82) is 0 Å². The van der Waals surface area contributed by atoms with Gasteiger partial charge in [-0.05, 0) is 44.7 Å². The highest BCUT2D eigenvalue weighted by molar-refractivity contribution is 5.28. The summed E-state index contributed by atoms with van der Waals surface area (Å²) >= 11 is 0. The van der Waals surface area contributed by atoms with Crippen molar-refractivity contribution in [2.45, 2.75) is 65.9 Å². The van der Waals surface area contributed by atoms with Gasteiger partial charge in [0.05, 0.1) is 0 Å². The molecule has 0 aliphatic carbocycles. The van der Waals surface area contributed by atoms with Crippen molar-refractivity contribution in [3.8, 4) is 0 Å². The first-order valence-corrected chi connectivity index (χ1v) is 8.13. The van der Waals surface area contributed by atoms with Gasteiger partial charge in [-0.25, -0.2) is 9.97 Å². The Kier molecular flexibility index (Phi) is 7.83. The molecule has 0 saturated heterocycles. The number of aryl methyl sites for hydroxylation is 2. The number of nitrogens with one attached hydrogen (secondary N) is 1. The first-order valence-electron chi connectivity index (χ1n) is 8.13. The van der Waals surface area contributed by atoms with E-state index in [1.54, 1.807) is 7.11 Å². The predicted octanol–water partition coefficient (Wildman–Crippen LogP) is 3.68. The van der Waals surface area contributed by atoms with Gasteiger partial charge in [0.15, 0.2) is 5.82 Å². The van der Waals surface area contributed by atoms with Crippen LogP contribution in [-0.4, -0.2) is 30.2 Å². The van der Waals surface area contributed by atoms with Gasteiger partial charge in [-0.3, -0.25) is 0 Å². The van der Waals surface area contributed by atoms with Crippen molar-refractivity contribution in [2.24, 2.45) is 0 Å². The summed E-state index contributed by atoms with van der Waals surface area (Å²) in [5.41, 5.74) is 3.44. The second kappa shape index (κ2) is 9.11. The van der Waals surface area contributed by atoms with Gasteiger partial charge >= 0.3 is 0 Å². The van der Waals surface area contributed by atoms with E-state index in [0.29, 0.717) is 5.92 Å². The molecule has 21 heavy (non-hydrogen) atoms. The standard InChI is InChI=1S/C17H31N3O/c1-7-9-15(21-6)17-19-13(4)16(14(5)20-17)12(3)11-18-10-8-2/h12,15,18H,7-11H2,1-6H3. The van der Waals surface area contributed by atoms with Crippen LogP contribution >= 0.6 is 0 Å². The van der Waals surface area contributed by atoms with Crippen molar-refractivity contribution in [3.05, 3.63) is 22.8 Å². The van der Waals surface area contributed by atoms with Crippen LogP contribution in [0, 0.1) is 13.8 Å². The van der Waals surface area contributed by atoms with Crippen LogP contribution in [0.1, 0.15) is 74.8 Å². The molecule has 0 saturated carbocycles. The lowest BCUT2D eigenvalue weighted by atomic mass is 9.97. The molecule has 1 N–H and O–H groups in total. The molecule has 1 aromatic heterocycles. The molecule has 120 valence electrons. The number of hydrogen-bond donors (Lipinski definition) is 1. The molecule has 4 nitrogen and oxygen atoms in total. The van der Waals surface area contributed by atoms with Gasteiger partial charge in [0.25, 0.3) is 0 Å². The maximum Gasteiger partial charge on any atom is 0.157 e. The van der Waals surface area contributed by atoms with Gasteiger partial charge in [0.1, 0.15) is 6.10 Å². The van der Waals surface area contributed by atoms with Crippen LogP contribution in [0.25, 0.3) is 0 Å². The van der Waals surface area contributed by atoms with Crippen LogP contribution in [0.4, 0.5) is 0 Å². The van der Waals surface area contributed by atoms with Gasteiger partial charge in [-0.2, -0.15) is 0 Å². The largest absolute Gasteiger partial charge is 0.373 e. The molecule has 0 aliphatic rings. The number of hydrogen-bond acceptors (Lipinski definition) is 4. The molecule has 4 heteroatoms. The highest BCUT2D eigenvalue weighted by Gasteiger charge is 2.19. The molecule has 0 bridgehead atoms. The minimum Gasteiger partial charge on any atom is -0.373 e. The zero-order valence-corrected chi connectivity index (χ0v) is 14.5. The third kappa shape index (κ3) is 5.04. The minimum atomic E-state index is 0.00923. The molecule has 0 fully saturated rings. The molecule has 0 aliphatic heterocycles. The van der Waals surface area contributed by atoms with Crippen molar-refractivity contribution in [3.63, 3.8) is 0 Å². The molecule has 1 heterocycles. The highest BCUT2D eigenvalue weighted by Crippen LogP contribution is 2.25. The fraction of sp³-hybridized carbons (Fsp3) is 0.765. The SMILES string of the molecule is CCCNCC(C)c1c(C)nc(C(CCC)OC)nc1C. The van der Waals surface area contributed by atoms with E-state index in [0.717, 1.165) is 49.6 Å². The highest BCUT2D eigenvalue weighted by atomic mass is 16.5. The lowest BCUT2D eigenvalue weighted by molar-refractivity contribution is 0.0872. The molecule has 1 rings (SSSR count). The Bertz CT molecular complexity index is 411. The van der Waals surface area contributed by atoms with Gasteiger partial charge in [0.2, 0.25) is 0 Å². The summed E-state index contributed by atoms with van der Waals surface area (Å²) in [6.07, 6.45) is 3.20. The van der Waals surface area contributed by atoms with E-state index >= 15 is 0 Å². The fourth-order valence-electron chi connectivity index (χ4n) is 2.82. The Morgan fingerprint density at radius 3 is 2.19 bits per heavy atom. The zero-order chi connectivity index (χ0) is 15.8. The lowest BCUT2D eigenvalue weighted by Gasteiger charge is -2.20. The van der Waals surface area contributed by atoms with Gasteiger partial charge in [-0.1, -0.05) is 27.2 Å². The normalized spacial score (nSPS) is 14.2. The van der Waals surface area contributed by atoms with E-state index in [1.165, 1.54) is 5.56 Å². The van der Waals surface area contributed by atoms with E-state index < -0.39 is 0 Å². The number of aromatic nitrogens is 2.